The Balaban J connectivity index is 2.40. The SMILES string of the molecule is CCCC(C(=O)NCC1(CC)CC1)C(N)=S. The molecule has 1 rings (SSSR count). The third-order valence-corrected chi connectivity index (χ3v) is 3.87. The molecule has 16 heavy (non-hydrogen) atoms. The van der Waals surface area contributed by atoms with Crippen molar-refractivity contribution in [1.82, 2.24) is 5.32 Å². The fourth-order valence-electron chi connectivity index (χ4n) is 1.92. The topological polar surface area (TPSA) is 55.1 Å². The third-order valence-electron chi connectivity index (χ3n) is 3.58. The van der Waals surface area contributed by atoms with Crippen LogP contribution >= 0.6 is 12.2 Å². The van der Waals surface area contributed by atoms with Crippen molar-refractivity contribution in [1.29, 1.82) is 0 Å². The molecule has 3 nitrogen and oxygen atoms in total. The van der Waals surface area contributed by atoms with Crippen LogP contribution in [0.2, 0.25) is 0 Å². The van der Waals surface area contributed by atoms with Gasteiger partial charge in [0.25, 0.3) is 0 Å². The molecule has 1 aliphatic carbocycles. The Hall–Kier alpha value is -0.640. The fourth-order valence-corrected chi connectivity index (χ4v) is 2.15. The predicted octanol–water partition coefficient (Wildman–Crippen LogP) is 2.00. The van der Waals surface area contributed by atoms with E-state index in [1.165, 1.54) is 12.8 Å². The lowest BCUT2D eigenvalue weighted by Crippen LogP contribution is -2.40. The van der Waals surface area contributed by atoms with Crippen molar-refractivity contribution in [2.75, 3.05) is 6.54 Å². The van der Waals surface area contributed by atoms with Crippen LogP contribution in [0.1, 0.15) is 46.0 Å². The van der Waals surface area contributed by atoms with Crippen molar-refractivity contribution < 1.29 is 4.79 Å². The standard InChI is InChI=1S/C12H22N2OS/c1-3-5-9(10(13)16)11(15)14-8-12(4-2)6-7-12/h9H,3-8H2,1-2H3,(H2,13,16)(H,14,15). The van der Waals surface area contributed by atoms with Gasteiger partial charge in [0.1, 0.15) is 0 Å². The van der Waals surface area contributed by atoms with Gasteiger partial charge in [-0.25, -0.2) is 0 Å². The molecular weight excluding hydrogens is 220 g/mol. The molecule has 1 saturated carbocycles. The van der Waals surface area contributed by atoms with E-state index in [9.17, 15) is 4.79 Å². The Morgan fingerprint density at radius 3 is 2.50 bits per heavy atom. The van der Waals surface area contributed by atoms with Gasteiger partial charge in [-0.3, -0.25) is 4.79 Å². The summed E-state index contributed by atoms with van der Waals surface area (Å²) in [5, 5.41) is 3.00. The van der Waals surface area contributed by atoms with E-state index in [0.717, 1.165) is 25.8 Å². The van der Waals surface area contributed by atoms with Gasteiger partial charge in [0.15, 0.2) is 0 Å². The zero-order valence-electron chi connectivity index (χ0n) is 10.2. The van der Waals surface area contributed by atoms with Crippen molar-refractivity contribution >= 4 is 23.1 Å². The largest absolute Gasteiger partial charge is 0.393 e. The fraction of sp³-hybridized carbons (Fsp3) is 0.833. The van der Waals surface area contributed by atoms with E-state index in [2.05, 4.69) is 12.2 Å². The summed E-state index contributed by atoms with van der Waals surface area (Å²) >= 11 is 4.93. The first-order valence-corrected chi connectivity index (χ1v) is 6.52. The van der Waals surface area contributed by atoms with Gasteiger partial charge in [-0.15, -0.1) is 0 Å². The first-order valence-electron chi connectivity index (χ1n) is 6.11. The molecule has 4 heteroatoms. The number of hydrogen-bond donors (Lipinski definition) is 2. The molecule has 0 spiro atoms. The number of carbonyl (C=O) groups is 1. The van der Waals surface area contributed by atoms with Crippen molar-refractivity contribution in [2.45, 2.75) is 46.0 Å². The van der Waals surface area contributed by atoms with Gasteiger partial charge in [0, 0.05) is 6.54 Å². The lowest BCUT2D eigenvalue weighted by atomic mass is 10.0. The van der Waals surface area contributed by atoms with Gasteiger partial charge >= 0.3 is 0 Å². The molecule has 92 valence electrons. The number of amides is 1. The van der Waals surface area contributed by atoms with Crippen molar-refractivity contribution in [3.63, 3.8) is 0 Å². The highest BCUT2D eigenvalue weighted by Crippen LogP contribution is 2.47. The van der Waals surface area contributed by atoms with Crippen LogP contribution < -0.4 is 11.1 Å². The second-order valence-corrected chi connectivity index (χ2v) is 5.29. The first kappa shape index (κ1) is 13.4. The normalized spacial score (nSPS) is 18.9. The maximum Gasteiger partial charge on any atom is 0.229 e. The first-order chi connectivity index (χ1) is 7.54. The molecule has 0 aliphatic heterocycles. The molecule has 0 aromatic heterocycles. The summed E-state index contributed by atoms with van der Waals surface area (Å²) in [5.41, 5.74) is 5.96. The van der Waals surface area contributed by atoms with Crippen LogP contribution in [0.4, 0.5) is 0 Å². The maximum atomic E-state index is 11.9. The van der Waals surface area contributed by atoms with Crippen LogP contribution in [0.25, 0.3) is 0 Å². The van der Waals surface area contributed by atoms with Crippen molar-refractivity contribution in [3.05, 3.63) is 0 Å². The summed E-state index contributed by atoms with van der Waals surface area (Å²) in [7, 11) is 0. The van der Waals surface area contributed by atoms with E-state index in [0.29, 0.717) is 10.4 Å². The summed E-state index contributed by atoms with van der Waals surface area (Å²) in [6.07, 6.45) is 5.28. The van der Waals surface area contributed by atoms with Gasteiger partial charge in [0.2, 0.25) is 5.91 Å². The minimum atomic E-state index is -0.285. The average Bonchev–Trinajstić information content (AvgIpc) is 3.03. The molecule has 0 radical (unpaired) electrons. The maximum absolute atomic E-state index is 11.9. The molecule has 1 atom stereocenters. The predicted molar refractivity (Wildman–Crippen MR) is 70.2 cm³/mol. The number of thiocarbonyl (C=S) groups is 1. The second kappa shape index (κ2) is 5.62. The summed E-state index contributed by atoms with van der Waals surface area (Å²) < 4.78 is 0. The third kappa shape index (κ3) is 3.44. The lowest BCUT2D eigenvalue weighted by molar-refractivity contribution is -0.123. The Labute approximate surface area is 103 Å². The van der Waals surface area contributed by atoms with Crippen LogP contribution in [0.3, 0.4) is 0 Å². The summed E-state index contributed by atoms with van der Waals surface area (Å²) in [6, 6.07) is 0. The van der Waals surface area contributed by atoms with Crippen molar-refractivity contribution in [2.24, 2.45) is 17.1 Å². The Bertz CT molecular complexity index is 274. The number of nitrogens with two attached hydrogens (primary N) is 1. The number of carbonyl (C=O) groups excluding carboxylic acids is 1. The van der Waals surface area contributed by atoms with Crippen LogP contribution in [0.5, 0.6) is 0 Å². The number of hydrogen-bond acceptors (Lipinski definition) is 2. The smallest absolute Gasteiger partial charge is 0.229 e. The van der Waals surface area contributed by atoms with Crippen LogP contribution in [0.15, 0.2) is 0 Å². The Kier molecular flexibility index (Phi) is 4.71. The Morgan fingerprint density at radius 1 is 1.50 bits per heavy atom. The molecule has 0 saturated heterocycles. The molecule has 1 aliphatic rings. The van der Waals surface area contributed by atoms with Crippen LogP contribution in [-0.2, 0) is 4.79 Å². The van der Waals surface area contributed by atoms with E-state index < -0.39 is 0 Å². The molecule has 1 fully saturated rings. The van der Waals surface area contributed by atoms with Gasteiger partial charge in [-0.1, -0.05) is 32.5 Å². The highest BCUT2D eigenvalue weighted by Gasteiger charge is 2.41. The highest BCUT2D eigenvalue weighted by atomic mass is 32.1. The summed E-state index contributed by atoms with van der Waals surface area (Å²) in [4.78, 5) is 12.2. The average molecular weight is 242 g/mol. The molecule has 0 aromatic carbocycles. The molecule has 3 N–H and O–H groups in total. The van der Waals surface area contributed by atoms with E-state index in [-0.39, 0.29) is 11.8 Å². The van der Waals surface area contributed by atoms with Gasteiger partial charge in [-0.05, 0) is 31.1 Å². The zero-order chi connectivity index (χ0) is 12.2. The molecule has 1 amide bonds. The molecule has 0 heterocycles. The van der Waals surface area contributed by atoms with E-state index in [1.54, 1.807) is 0 Å². The quantitative estimate of drug-likeness (QED) is 0.671. The number of nitrogens with one attached hydrogen (secondary N) is 1. The lowest BCUT2D eigenvalue weighted by Gasteiger charge is -2.18. The van der Waals surface area contributed by atoms with Gasteiger partial charge in [0.05, 0.1) is 10.9 Å². The monoisotopic (exact) mass is 242 g/mol. The zero-order valence-corrected chi connectivity index (χ0v) is 11.0. The van der Waals surface area contributed by atoms with Crippen LogP contribution in [-0.4, -0.2) is 17.4 Å². The highest BCUT2D eigenvalue weighted by molar-refractivity contribution is 7.80. The summed E-state index contributed by atoms with van der Waals surface area (Å²) in [6.45, 7) is 4.99. The van der Waals surface area contributed by atoms with E-state index >= 15 is 0 Å². The molecular formula is C12H22N2OS. The van der Waals surface area contributed by atoms with E-state index in [1.807, 2.05) is 6.92 Å². The van der Waals surface area contributed by atoms with Crippen molar-refractivity contribution in [3.8, 4) is 0 Å². The minimum Gasteiger partial charge on any atom is -0.393 e. The number of rotatable bonds is 7. The van der Waals surface area contributed by atoms with Gasteiger partial charge < -0.3 is 11.1 Å². The minimum absolute atomic E-state index is 0.00840. The summed E-state index contributed by atoms with van der Waals surface area (Å²) in [5.74, 6) is -0.276. The van der Waals surface area contributed by atoms with E-state index in [4.69, 9.17) is 18.0 Å². The second-order valence-electron chi connectivity index (χ2n) is 4.81. The molecule has 0 aromatic rings. The van der Waals surface area contributed by atoms with Crippen LogP contribution in [0, 0.1) is 11.3 Å². The molecule has 1 unspecified atom stereocenters. The molecule has 0 bridgehead atoms. The van der Waals surface area contributed by atoms with Gasteiger partial charge in [-0.2, -0.15) is 0 Å². The Morgan fingerprint density at radius 2 is 2.12 bits per heavy atom.